The molecule has 236 valence electrons. The summed E-state index contributed by atoms with van der Waals surface area (Å²) in [5.74, 6) is 3.08. The number of hydrogen-bond acceptors (Lipinski definition) is 11. The molecule has 4 atom stereocenters. The van der Waals surface area contributed by atoms with E-state index in [0.717, 1.165) is 25.7 Å². The number of likely N-dealkylation sites (tertiary alicyclic amines) is 2. The van der Waals surface area contributed by atoms with Crippen LogP contribution in [0.3, 0.4) is 0 Å². The van der Waals surface area contributed by atoms with Crippen LogP contribution in [0.25, 0.3) is 34.5 Å². The number of nitrogens with zero attached hydrogens (tertiary/aromatic N) is 10. The molecule has 4 N–H and O–H groups in total. The monoisotopic (exact) mass is 622 g/mol. The van der Waals surface area contributed by atoms with Crippen LogP contribution < -0.4 is 11.5 Å². The zero-order valence-electron chi connectivity index (χ0n) is 25.5. The maximum atomic E-state index is 14.6. The van der Waals surface area contributed by atoms with Crippen LogP contribution >= 0.6 is 0 Å². The highest BCUT2D eigenvalue weighted by Gasteiger charge is 2.40. The van der Waals surface area contributed by atoms with Gasteiger partial charge in [0.1, 0.15) is 0 Å². The Labute approximate surface area is 263 Å². The van der Waals surface area contributed by atoms with Crippen molar-refractivity contribution < 1.29 is 13.6 Å². The van der Waals surface area contributed by atoms with Crippen LogP contribution in [-0.4, -0.2) is 68.1 Å². The van der Waals surface area contributed by atoms with Crippen LogP contribution in [0.5, 0.6) is 0 Å². The molecule has 0 aromatic carbocycles. The number of anilines is 2. The van der Waals surface area contributed by atoms with Gasteiger partial charge in [0.25, 0.3) is 0 Å². The minimum absolute atomic E-state index is 0.0650. The van der Waals surface area contributed by atoms with Crippen LogP contribution in [-0.2, 0) is 0 Å². The number of aromatic nitrogens is 8. The van der Waals surface area contributed by atoms with Crippen LogP contribution in [0.4, 0.5) is 16.7 Å². The van der Waals surface area contributed by atoms with Crippen molar-refractivity contribution in [2.45, 2.75) is 51.6 Å². The highest BCUT2D eigenvalue weighted by molar-refractivity contribution is 5.76. The fraction of sp³-hybridized carbons (Fsp3) is 0.387. The Hall–Kier alpha value is -5.47. The summed E-state index contributed by atoms with van der Waals surface area (Å²) < 4.78 is 14.0. The number of rotatable bonds is 4. The van der Waals surface area contributed by atoms with Crippen LogP contribution in [0, 0.1) is 11.8 Å². The Kier molecular flexibility index (Phi) is 6.62. The lowest BCUT2D eigenvalue weighted by molar-refractivity contribution is 0.0669. The Balaban J connectivity index is 1.13. The molecule has 0 aliphatic carbocycles. The zero-order chi connectivity index (χ0) is 31.5. The molecule has 2 saturated heterocycles. The van der Waals surface area contributed by atoms with Gasteiger partial charge in [-0.15, -0.1) is 10.2 Å². The standard InChI is InChI=1S/C31H34N12O3/c1-17-7-9-40(21(13-17)19-15-25-36-27(23-5-3-11-45-23)38-42(25)29(32)34-19)31(44)41-10-8-18(2)14-22(41)20-16-26-37-28(24-6-4-12-46-24)39-43(26)30(33)35-20/h3-6,11-12,15-18,21-22H,7-10,13-14H2,1-2H3,(H2,32,34)(H2,33,35). The normalized spacial score (nSPS) is 22.2. The molecule has 2 fully saturated rings. The van der Waals surface area contributed by atoms with E-state index in [4.69, 9.17) is 30.3 Å². The van der Waals surface area contributed by atoms with E-state index in [1.807, 2.05) is 21.9 Å². The predicted molar refractivity (Wildman–Crippen MR) is 167 cm³/mol. The third-order valence-corrected chi connectivity index (χ3v) is 9.13. The van der Waals surface area contributed by atoms with Gasteiger partial charge in [-0.1, -0.05) is 13.8 Å². The number of carbonyl (C=O) groups is 1. The Bertz CT molecular complexity index is 1890. The Morgan fingerprint density at radius 3 is 1.61 bits per heavy atom. The SMILES string of the molecule is CC1CCN(C(=O)N2CCC(C)CC2c2cc3nc(-c4ccco4)nn3c(N)n2)C(c2cc3nc(-c4ccco4)nn3c(N)n2)C1. The zero-order valence-corrected chi connectivity index (χ0v) is 25.5. The molecule has 8 heterocycles. The average molecular weight is 623 g/mol. The second-order valence-electron chi connectivity index (χ2n) is 12.4. The Morgan fingerprint density at radius 1 is 0.739 bits per heavy atom. The highest BCUT2D eigenvalue weighted by Crippen LogP contribution is 2.39. The number of carbonyl (C=O) groups excluding carboxylic acids is 1. The lowest BCUT2D eigenvalue weighted by atomic mass is 9.89. The van der Waals surface area contributed by atoms with Crippen molar-refractivity contribution in [1.82, 2.24) is 49.0 Å². The van der Waals surface area contributed by atoms with Gasteiger partial charge in [0, 0.05) is 25.2 Å². The number of piperidine rings is 2. The lowest BCUT2D eigenvalue weighted by Gasteiger charge is -2.45. The lowest BCUT2D eigenvalue weighted by Crippen LogP contribution is -2.51. The fourth-order valence-corrected chi connectivity index (χ4v) is 6.69. The van der Waals surface area contributed by atoms with E-state index in [0.29, 0.717) is 70.8 Å². The van der Waals surface area contributed by atoms with E-state index in [2.05, 4.69) is 34.0 Å². The minimum atomic E-state index is -0.292. The van der Waals surface area contributed by atoms with Crippen molar-refractivity contribution in [3.8, 4) is 23.2 Å². The van der Waals surface area contributed by atoms with Crippen molar-refractivity contribution in [3.63, 3.8) is 0 Å². The molecule has 2 aliphatic heterocycles. The summed E-state index contributed by atoms with van der Waals surface area (Å²) in [5, 5.41) is 8.96. The molecular formula is C31H34N12O3. The molecule has 0 bridgehead atoms. The van der Waals surface area contributed by atoms with E-state index in [9.17, 15) is 4.79 Å². The van der Waals surface area contributed by atoms with E-state index < -0.39 is 0 Å². The van der Waals surface area contributed by atoms with Crippen LogP contribution in [0.15, 0.2) is 57.8 Å². The molecule has 0 spiro atoms. The first-order chi connectivity index (χ1) is 22.3. The van der Waals surface area contributed by atoms with Gasteiger partial charge in [0.2, 0.25) is 23.5 Å². The van der Waals surface area contributed by atoms with Gasteiger partial charge in [-0.25, -0.2) is 24.7 Å². The van der Waals surface area contributed by atoms with E-state index in [1.165, 1.54) is 9.03 Å². The van der Waals surface area contributed by atoms with Gasteiger partial charge in [0.05, 0.1) is 36.0 Å². The molecule has 0 radical (unpaired) electrons. The second kappa shape index (κ2) is 10.9. The summed E-state index contributed by atoms with van der Waals surface area (Å²) in [5.41, 5.74) is 15.3. The minimum Gasteiger partial charge on any atom is -0.461 e. The van der Waals surface area contributed by atoms with Gasteiger partial charge in [-0.2, -0.15) is 9.03 Å². The van der Waals surface area contributed by atoms with Gasteiger partial charge >= 0.3 is 6.03 Å². The average Bonchev–Trinajstić information content (AvgIpc) is 3.87. The molecule has 2 aliphatic rings. The van der Waals surface area contributed by atoms with Gasteiger partial charge in [-0.05, 0) is 61.8 Å². The third-order valence-electron chi connectivity index (χ3n) is 9.13. The summed E-state index contributed by atoms with van der Waals surface area (Å²) in [6.07, 6.45) is 6.40. The molecule has 15 nitrogen and oxygen atoms in total. The number of nitrogen functional groups attached to an aromatic ring is 2. The first-order valence-corrected chi connectivity index (χ1v) is 15.5. The molecule has 6 aromatic rings. The number of hydrogen-bond donors (Lipinski definition) is 2. The van der Waals surface area contributed by atoms with Crippen molar-refractivity contribution >= 4 is 29.2 Å². The largest absolute Gasteiger partial charge is 0.461 e. The molecular weight excluding hydrogens is 588 g/mol. The summed E-state index contributed by atoms with van der Waals surface area (Å²) >= 11 is 0. The summed E-state index contributed by atoms with van der Waals surface area (Å²) in [6.45, 7) is 5.58. The molecule has 8 rings (SSSR count). The molecule has 46 heavy (non-hydrogen) atoms. The second-order valence-corrected chi connectivity index (χ2v) is 12.4. The summed E-state index contributed by atoms with van der Waals surface area (Å²) in [7, 11) is 0. The van der Waals surface area contributed by atoms with Gasteiger partial charge in [-0.3, -0.25) is 0 Å². The van der Waals surface area contributed by atoms with E-state index in [-0.39, 0.29) is 30.0 Å². The maximum absolute atomic E-state index is 14.6. The molecule has 0 saturated carbocycles. The predicted octanol–water partition coefficient (Wildman–Crippen LogP) is 4.61. The molecule has 6 aromatic heterocycles. The maximum Gasteiger partial charge on any atom is 0.321 e. The third kappa shape index (κ3) is 4.78. The van der Waals surface area contributed by atoms with Crippen molar-refractivity contribution in [2.75, 3.05) is 24.6 Å². The molecule has 4 unspecified atom stereocenters. The highest BCUT2D eigenvalue weighted by atomic mass is 16.3. The fourth-order valence-electron chi connectivity index (χ4n) is 6.69. The molecule has 2 amide bonds. The van der Waals surface area contributed by atoms with Crippen molar-refractivity contribution in [3.05, 3.63) is 60.3 Å². The van der Waals surface area contributed by atoms with E-state index >= 15 is 0 Å². The topological polar surface area (TPSA) is 188 Å². The van der Waals surface area contributed by atoms with Crippen molar-refractivity contribution in [2.24, 2.45) is 11.8 Å². The number of amides is 2. The first kappa shape index (κ1) is 28.0. The number of fused-ring (bicyclic) bond motifs is 2. The van der Waals surface area contributed by atoms with Crippen LogP contribution in [0.1, 0.15) is 63.0 Å². The van der Waals surface area contributed by atoms with Crippen molar-refractivity contribution in [1.29, 1.82) is 0 Å². The summed E-state index contributed by atoms with van der Waals surface area (Å²) in [4.78, 5) is 37.2. The number of furan rings is 2. The molecule has 15 heteroatoms. The number of nitrogens with two attached hydrogens (primary N) is 2. The first-order valence-electron chi connectivity index (χ1n) is 15.5. The van der Waals surface area contributed by atoms with Gasteiger partial charge < -0.3 is 30.1 Å². The number of urea groups is 1. The van der Waals surface area contributed by atoms with Crippen LogP contribution in [0.2, 0.25) is 0 Å². The summed E-state index contributed by atoms with van der Waals surface area (Å²) in [6, 6.07) is 10.2. The van der Waals surface area contributed by atoms with Gasteiger partial charge in [0.15, 0.2) is 22.8 Å². The van der Waals surface area contributed by atoms with E-state index in [1.54, 1.807) is 36.8 Å². The Morgan fingerprint density at radius 2 is 1.20 bits per heavy atom. The quantitative estimate of drug-likeness (QED) is 0.279. The smallest absolute Gasteiger partial charge is 0.321 e.